The first-order chi connectivity index (χ1) is 11.4. The van der Waals surface area contributed by atoms with E-state index >= 15 is 0 Å². The minimum atomic E-state index is 0.186. The Morgan fingerprint density at radius 2 is 1.91 bits per heavy atom. The third-order valence-corrected chi connectivity index (χ3v) is 4.69. The molecule has 1 unspecified atom stereocenters. The van der Waals surface area contributed by atoms with E-state index in [9.17, 15) is 0 Å². The molecule has 5 rings (SSSR count). The fraction of sp³-hybridized carbons (Fsp3) is 0.211. The van der Waals surface area contributed by atoms with Gasteiger partial charge in [-0.25, -0.2) is 0 Å². The summed E-state index contributed by atoms with van der Waals surface area (Å²) in [6, 6.07) is 13.1. The smallest absolute Gasteiger partial charge is 0.231 e. The van der Waals surface area contributed by atoms with Gasteiger partial charge in [0.05, 0.1) is 6.04 Å². The molecule has 0 fully saturated rings. The second kappa shape index (κ2) is 4.96. The van der Waals surface area contributed by atoms with E-state index in [0.717, 1.165) is 29.9 Å². The van der Waals surface area contributed by atoms with E-state index in [4.69, 9.17) is 9.47 Å². The van der Waals surface area contributed by atoms with E-state index in [1.807, 2.05) is 12.4 Å². The number of nitrogens with one attached hydrogen (secondary N) is 1. The molecular formula is C19H16N2O2. The topological polar surface area (TPSA) is 43.4 Å². The quantitative estimate of drug-likeness (QED) is 0.750. The van der Waals surface area contributed by atoms with Crippen molar-refractivity contribution in [2.24, 2.45) is 0 Å². The van der Waals surface area contributed by atoms with Crippen molar-refractivity contribution in [3.63, 3.8) is 0 Å². The summed E-state index contributed by atoms with van der Waals surface area (Å²) < 4.78 is 11.1. The summed E-state index contributed by atoms with van der Waals surface area (Å²) in [5, 5.41) is 6.02. The number of benzene rings is 2. The van der Waals surface area contributed by atoms with Crippen molar-refractivity contribution in [2.45, 2.75) is 12.5 Å². The molecule has 1 aromatic heterocycles. The van der Waals surface area contributed by atoms with Crippen LogP contribution in [0.1, 0.15) is 22.7 Å². The van der Waals surface area contributed by atoms with Crippen molar-refractivity contribution < 1.29 is 9.47 Å². The predicted molar refractivity (Wildman–Crippen MR) is 87.9 cm³/mol. The molecule has 1 atom stereocenters. The zero-order valence-electron chi connectivity index (χ0n) is 12.6. The van der Waals surface area contributed by atoms with Gasteiger partial charge in [0.2, 0.25) is 6.79 Å². The van der Waals surface area contributed by atoms with Crippen LogP contribution in [0, 0.1) is 0 Å². The second-order valence-electron chi connectivity index (χ2n) is 6.02. The van der Waals surface area contributed by atoms with Crippen LogP contribution in [0.25, 0.3) is 10.8 Å². The first-order valence-corrected chi connectivity index (χ1v) is 7.88. The maximum atomic E-state index is 5.56. The molecule has 0 spiro atoms. The van der Waals surface area contributed by atoms with Gasteiger partial charge >= 0.3 is 0 Å². The molecule has 0 bridgehead atoms. The lowest BCUT2D eigenvalue weighted by Gasteiger charge is -2.28. The summed E-state index contributed by atoms with van der Waals surface area (Å²) in [5.41, 5.74) is 3.89. The lowest BCUT2D eigenvalue weighted by Crippen LogP contribution is -2.30. The van der Waals surface area contributed by atoms with Crippen LogP contribution in [0.5, 0.6) is 11.5 Å². The average Bonchev–Trinajstić information content (AvgIpc) is 3.06. The van der Waals surface area contributed by atoms with Gasteiger partial charge in [0.1, 0.15) is 0 Å². The van der Waals surface area contributed by atoms with Crippen LogP contribution in [-0.2, 0) is 6.42 Å². The Balaban J connectivity index is 1.64. The van der Waals surface area contributed by atoms with E-state index in [-0.39, 0.29) is 6.04 Å². The Morgan fingerprint density at radius 3 is 2.87 bits per heavy atom. The fourth-order valence-electron chi connectivity index (χ4n) is 3.52. The van der Waals surface area contributed by atoms with Crippen LogP contribution in [0.15, 0.2) is 48.8 Å². The summed E-state index contributed by atoms with van der Waals surface area (Å²) in [6.07, 6.45) is 4.76. The number of aromatic nitrogens is 1. The molecule has 4 heteroatoms. The van der Waals surface area contributed by atoms with Gasteiger partial charge in [0.25, 0.3) is 0 Å². The van der Waals surface area contributed by atoms with Crippen LogP contribution in [0.2, 0.25) is 0 Å². The molecule has 3 aromatic rings. The van der Waals surface area contributed by atoms with Crippen LogP contribution >= 0.6 is 0 Å². The lowest BCUT2D eigenvalue weighted by molar-refractivity contribution is 0.174. The van der Waals surface area contributed by atoms with Crippen molar-refractivity contribution in [3.05, 3.63) is 65.5 Å². The number of nitrogens with zero attached hydrogens (tertiary/aromatic N) is 1. The molecule has 0 amide bonds. The van der Waals surface area contributed by atoms with Gasteiger partial charge in [-0.3, -0.25) is 4.98 Å². The summed E-state index contributed by atoms with van der Waals surface area (Å²) in [5.74, 6) is 1.72. The monoisotopic (exact) mass is 304 g/mol. The largest absolute Gasteiger partial charge is 0.454 e. The molecule has 3 heterocycles. The minimum absolute atomic E-state index is 0.186. The standard InChI is InChI=1S/C19H16N2O2/c1-2-15-10-20-5-3-12(15)7-14(1)19-16-9-18-17(22-11-23-18)8-13(16)4-6-21-19/h1-3,5,7-10,19,21H,4,6,11H2. The third kappa shape index (κ3) is 2.06. The van der Waals surface area contributed by atoms with Gasteiger partial charge in [0.15, 0.2) is 11.5 Å². The molecule has 4 nitrogen and oxygen atoms in total. The first kappa shape index (κ1) is 12.9. The fourth-order valence-corrected chi connectivity index (χ4v) is 3.52. The van der Waals surface area contributed by atoms with Crippen molar-refractivity contribution in [2.75, 3.05) is 13.3 Å². The highest BCUT2D eigenvalue weighted by atomic mass is 16.7. The Kier molecular flexibility index (Phi) is 2.78. The zero-order valence-corrected chi connectivity index (χ0v) is 12.6. The number of hydrogen-bond donors (Lipinski definition) is 1. The molecule has 0 radical (unpaired) electrons. The molecule has 0 saturated carbocycles. The maximum absolute atomic E-state index is 5.56. The van der Waals surface area contributed by atoms with Crippen LogP contribution in [0.4, 0.5) is 0 Å². The molecule has 114 valence electrons. The molecule has 2 aliphatic rings. The van der Waals surface area contributed by atoms with Crippen molar-refractivity contribution in [1.82, 2.24) is 10.3 Å². The summed E-state index contributed by atoms with van der Waals surface area (Å²) >= 11 is 0. The van der Waals surface area contributed by atoms with Crippen LogP contribution in [-0.4, -0.2) is 18.3 Å². The summed E-state index contributed by atoms with van der Waals surface area (Å²) in [7, 11) is 0. The summed E-state index contributed by atoms with van der Waals surface area (Å²) in [6.45, 7) is 1.28. The van der Waals surface area contributed by atoms with Crippen molar-refractivity contribution in [1.29, 1.82) is 0 Å². The second-order valence-corrected chi connectivity index (χ2v) is 6.02. The highest BCUT2D eigenvalue weighted by molar-refractivity contribution is 5.82. The zero-order chi connectivity index (χ0) is 15.2. The number of pyridine rings is 1. The van der Waals surface area contributed by atoms with Gasteiger partial charge in [-0.1, -0.05) is 12.1 Å². The number of ether oxygens (including phenoxy) is 2. The van der Waals surface area contributed by atoms with Gasteiger partial charge in [0, 0.05) is 24.3 Å². The lowest BCUT2D eigenvalue weighted by atomic mass is 9.89. The SMILES string of the molecule is c1cc2cc(C3NCCc4cc5c(cc43)OCO5)ccc2cn1. The number of fused-ring (bicyclic) bond motifs is 3. The Labute approximate surface area is 134 Å². The van der Waals surface area contributed by atoms with Gasteiger partial charge in [-0.05, 0) is 52.8 Å². The molecular weight excluding hydrogens is 288 g/mol. The molecule has 0 aliphatic carbocycles. The Hall–Kier alpha value is -2.59. The van der Waals surface area contributed by atoms with Gasteiger partial charge < -0.3 is 14.8 Å². The van der Waals surface area contributed by atoms with Crippen LogP contribution < -0.4 is 14.8 Å². The molecule has 1 N–H and O–H groups in total. The summed E-state index contributed by atoms with van der Waals surface area (Å²) in [4.78, 5) is 4.18. The number of hydrogen-bond acceptors (Lipinski definition) is 4. The Morgan fingerprint density at radius 1 is 1.00 bits per heavy atom. The average molecular weight is 304 g/mol. The van der Waals surface area contributed by atoms with Crippen molar-refractivity contribution >= 4 is 10.8 Å². The van der Waals surface area contributed by atoms with E-state index in [2.05, 4.69) is 46.7 Å². The maximum Gasteiger partial charge on any atom is 0.231 e. The van der Waals surface area contributed by atoms with Crippen molar-refractivity contribution in [3.8, 4) is 11.5 Å². The third-order valence-electron chi connectivity index (χ3n) is 4.69. The van der Waals surface area contributed by atoms with E-state index < -0.39 is 0 Å². The minimum Gasteiger partial charge on any atom is -0.454 e. The van der Waals surface area contributed by atoms with Crippen LogP contribution in [0.3, 0.4) is 0 Å². The normalized spacial score (nSPS) is 18.9. The number of rotatable bonds is 1. The van der Waals surface area contributed by atoms with E-state index in [1.54, 1.807) is 0 Å². The van der Waals surface area contributed by atoms with E-state index in [0.29, 0.717) is 6.79 Å². The molecule has 23 heavy (non-hydrogen) atoms. The van der Waals surface area contributed by atoms with E-state index in [1.165, 1.54) is 22.1 Å². The Bertz CT molecular complexity index is 907. The van der Waals surface area contributed by atoms with Gasteiger partial charge in [-0.2, -0.15) is 0 Å². The van der Waals surface area contributed by atoms with Gasteiger partial charge in [-0.15, -0.1) is 0 Å². The molecule has 2 aromatic carbocycles. The molecule has 2 aliphatic heterocycles. The predicted octanol–water partition coefficient (Wildman–Crippen LogP) is 3.20. The first-order valence-electron chi connectivity index (χ1n) is 7.88. The molecule has 0 saturated heterocycles. The highest BCUT2D eigenvalue weighted by Gasteiger charge is 2.25. The highest BCUT2D eigenvalue weighted by Crippen LogP contribution is 2.40.